The molecule has 0 radical (unpaired) electrons. The molecule has 14 aliphatic heterocycles. The Hall–Kier alpha value is 5.01. The van der Waals surface area contributed by atoms with Crippen molar-refractivity contribution in [2.24, 2.45) is 0 Å². The average molecular weight is 1830 g/mol. The molecule has 0 saturated carbocycles. The molecule has 320 valence electrons. The van der Waals surface area contributed by atoms with Gasteiger partial charge >= 0.3 is 293 Å². The van der Waals surface area contributed by atoms with E-state index in [4.69, 9.17) is 19.2 Å². The maximum atomic E-state index is 15.2. The van der Waals surface area contributed by atoms with E-state index in [2.05, 4.69) is 49.0 Å². The van der Waals surface area contributed by atoms with Crippen molar-refractivity contribution >= 4 is 7.82 Å². The SMILES string of the molecule is O=P(O)(O)O.[O]=[Mo]123[O][Mo]45(=[O])[O][Mo]6(=[O])([O]1)[O][Mo]17(=[O])[O][Mo]8(=[O])([O]6)[O][Mo]6(=[O])([O][Mo]9%10(=[O])[O][Mo]%11(=[O])([O]6)[O][Mo](=[O])([O][Mo](=[O])([O]4)([O]%11)[O]8)([O]5)[O][Mo](=[O])([O][Mo](=[O])([O]2)([O]9)[O]1)([O]3)[O]%10)[O]7. The summed E-state index contributed by atoms with van der Waals surface area (Å²) >= 11 is -120. The Kier molecular flexibility index (Phi) is 5.56. The summed E-state index contributed by atoms with van der Waals surface area (Å²) in [6, 6.07) is 0. The van der Waals surface area contributed by atoms with E-state index in [0.29, 0.717) is 0 Å². The van der Waals surface area contributed by atoms with Gasteiger partial charge in [-0.2, -0.15) is 0 Å². The normalized spacial score (nSPS) is 57.7. The van der Waals surface area contributed by atoms with Crippen LogP contribution in [0.2, 0.25) is 0 Å². The van der Waals surface area contributed by atoms with E-state index in [0.717, 1.165) is 0 Å². The summed E-state index contributed by atoms with van der Waals surface area (Å²) in [7, 11) is -4.64. The Morgan fingerprint density at radius 1 is 0.208 bits per heavy atom. The standard InChI is InChI=1S/12Mo.H3O4P.36O/c;;;;;;;;;;;;1-5(2,3)4;;;;;;;;;;;;;;;;;;;;;;;;;;;;;;;;;;;;/h;;;;;;;;;;;;(H3,1,2,3,4);;;;;;;;;;;;;;;;;;;;;;;;;;;;;;;;;;;;. The monoisotopic (exact) mass is 1850 g/mol. The predicted molar refractivity (Wildman–Crippen MR) is 48.5 cm³/mol. The molecule has 0 amide bonds. The molecule has 0 aromatic heterocycles. The van der Waals surface area contributed by atoms with E-state index in [1.54, 1.807) is 0 Å². The van der Waals surface area contributed by atoms with Gasteiger partial charge in [-0.05, 0) is 0 Å². The third-order valence-electron chi connectivity index (χ3n) is 5.33. The first-order valence-corrected chi connectivity index (χ1v) is 61.5. The first-order chi connectivity index (χ1) is 22.5. The van der Waals surface area contributed by atoms with Crippen LogP contribution < -0.4 is 0 Å². The van der Waals surface area contributed by atoms with E-state index in [-0.39, 0.29) is 0 Å². The van der Waals surface area contributed by atoms with Gasteiger partial charge in [0.2, 0.25) is 0 Å². The Labute approximate surface area is 306 Å². The maximum absolute atomic E-state index is 15.2. The van der Waals surface area contributed by atoms with Crippen molar-refractivity contribution in [3.05, 3.63) is 0 Å². The van der Waals surface area contributed by atoms with Crippen molar-refractivity contribution in [3.63, 3.8) is 0 Å². The molecule has 40 nitrogen and oxygen atoms in total. The number of rotatable bonds is 0. The summed E-state index contributed by atoms with van der Waals surface area (Å²) < 4.78 is 301. The molecule has 53 heavy (non-hydrogen) atoms. The first-order valence-electron chi connectivity index (χ1n) is 10.8. The molecule has 12 bridgehead atoms. The van der Waals surface area contributed by atoms with Crippen molar-refractivity contribution in [2.45, 2.75) is 0 Å². The predicted octanol–water partition coefficient (Wildman–Crippen LogP) is -4.03. The summed E-state index contributed by atoms with van der Waals surface area (Å²) in [4.78, 5) is 21.6. The fourth-order valence-electron chi connectivity index (χ4n) is 5.17. The summed E-state index contributed by atoms with van der Waals surface area (Å²) in [6.45, 7) is 0. The van der Waals surface area contributed by atoms with Crippen LogP contribution in [0.4, 0.5) is 0 Å². The van der Waals surface area contributed by atoms with Gasteiger partial charge < -0.3 is 14.7 Å². The van der Waals surface area contributed by atoms with Gasteiger partial charge in [-0.3, -0.25) is 0 Å². The molecule has 0 aromatic carbocycles. The van der Waals surface area contributed by atoms with Crippen LogP contribution in [0.1, 0.15) is 0 Å². The molecule has 0 atom stereocenters. The van der Waals surface area contributed by atoms with Gasteiger partial charge in [0.25, 0.3) is 0 Å². The van der Waals surface area contributed by atoms with Gasteiger partial charge in [0, 0.05) is 0 Å². The van der Waals surface area contributed by atoms with Gasteiger partial charge in [-0.15, -0.1) is 0 Å². The zero-order valence-corrected chi connectivity index (χ0v) is 46.8. The van der Waals surface area contributed by atoms with Crippen LogP contribution in [-0.4, -0.2) is 14.7 Å². The van der Waals surface area contributed by atoms with Gasteiger partial charge in [0.15, 0.2) is 0 Å². The Balaban J connectivity index is 0.000000595. The van der Waals surface area contributed by atoms with E-state index in [1.165, 1.54) is 0 Å². The molecule has 14 aliphatic rings. The van der Waals surface area contributed by atoms with Crippen LogP contribution in [0.3, 0.4) is 0 Å². The van der Waals surface area contributed by atoms with Gasteiger partial charge in [0.05, 0.1) is 0 Å². The minimum atomic E-state index is -10.0. The van der Waals surface area contributed by atoms with Crippen LogP contribution >= 0.6 is 7.82 Å². The second kappa shape index (κ2) is 7.44. The van der Waals surface area contributed by atoms with E-state index in [9.17, 15) is 0 Å². The minimum absolute atomic E-state index is 4.58. The summed E-state index contributed by atoms with van der Waals surface area (Å²) in [5, 5.41) is 0. The van der Waals surface area contributed by atoms with Gasteiger partial charge in [0.1, 0.15) is 0 Å². The van der Waals surface area contributed by atoms with Crippen molar-refractivity contribution in [1.82, 2.24) is 0 Å². The topological polar surface area (TPSA) is 504 Å². The van der Waals surface area contributed by atoms with E-state index < -0.39 is 203 Å². The van der Waals surface area contributed by atoms with Crippen LogP contribution in [-0.2, 0) is 290 Å². The molecule has 14 rings (SSSR count). The fraction of sp³-hybridized carbons (Fsp3) is 0. The third kappa shape index (κ3) is 4.44. The average Bonchev–Trinajstić information content (AvgIpc) is 2.49. The number of hydrogen-bond acceptors (Lipinski definition) is 37. The molecule has 53 heteroatoms. The molecule has 0 unspecified atom stereocenters. The van der Waals surface area contributed by atoms with Crippen LogP contribution in [0.25, 0.3) is 0 Å². The van der Waals surface area contributed by atoms with Crippen LogP contribution in [0.5, 0.6) is 0 Å². The summed E-state index contributed by atoms with van der Waals surface area (Å²) in [5.41, 5.74) is 0. The van der Waals surface area contributed by atoms with Crippen LogP contribution in [0, 0.1) is 0 Å². The van der Waals surface area contributed by atoms with Crippen LogP contribution in [0.15, 0.2) is 0 Å². The fourth-order valence-corrected chi connectivity index (χ4v) is 321. The second-order valence-electron chi connectivity index (χ2n) is 10.3. The summed E-state index contributed by atoms with van der Waals surface area (Å²) in [6.07, 6.45) is 0. The number of hydrogen-bond donors (Lipinski definition) is 3. The Morgan fingerprint density at radius 3 is 0.283 bits per heavy atom. The van der Waals surface area contributed by atoms with E-state index >= 15 is 40.8 Å². The summed E-state index contributed by atoms with van der Waals surface area (Å²) in [5.74, 6) is 0. The number of phosphoric acid groups is 1. The molecule has 0 aromatic rings. The third-order valence-corrected chi connectivity index (χ3v) is 187. The molecule has 3 N–H and O–H groups in total. The van der Waals surface area contributed by atoms with Gasteiger partial charge in [-0.1, -0.05) is 0 Å². The Bertz CT molecular complexity index is 2570. The van der Waals surface area contributed by atoms with Crippen molar-refractivity contribution in [2.75, 3.05) is 0 Å². The van der Waals surface area contributed by atoms with Crippen molar-refractivity contribution in [1.29, 1.82) is 0 Å². The quantitative estimate of drug-likeness (QED) is 0.154. The molecular formula is H3Mo12O40P. The molecule has 14 saturated heterocycles. The molecular weight excluding hydrogens is 1820 g/mol. The molecule has 12 spiro atoms. The second-order valence-corrected chi connectivity index (χ2v) is 107. The molecule has 14 heterocycles. The Morgan fingerprint density at radius 2 is 0.245 bits per heavy atom. The first kappa shape index (κ1) is 39.6. The van der Waals surface area contributed by atoms with Crippen molar-refractivity contribution in [3.8, 4) is 0 Å². The van der Waals surface area contributed by atoms with E-state index in [1.807, 2.05) is 0 Å². The van der Waals surface area contributed by atoms with Crippen molar-refractivity contribution < 1.29 is 305 Å². The molecule has 14 fully saturated rings. The van der Waals surface area contributed by atoms with Gasteiger partial charge in [-0.25, -0.2) is 4.57 Å². The zero-order valence-electron chi connectivity index (χ0n) is 21.8. The molecule has 0 aliphatic carbocycles. The zero-order chi connectivity index (χ0) is 38.8.